The monoisotopic (exact) mass is 397 g/mol. The van der Waals surface area contributed by atoms with Crippen LogP contribution in [-0.2, 0) is 13.6 Å². The van der Waals surface area contributed by atoms with Crippen molar-refractivity contribution in [2.75, 3.05) is 19.6 Å². The van der Waals surface area contributed by atoms with E-state index in [1.165, 1.54) is 12.1 Å². The summed E-state index contributed by atoms with van der Waals surface area (Å²) in [7, 11) is 1.87. The molecule has 0 aliphatic rings. The van der Waals surface area contributed by atoms with E-state index in [9.17, 15) is 10.1 Å². The molecule has 1 N–H and O–H groups in total. The van der Waals surface area contributed by atoms with Gasteiger partial charge in [-0.2, -0.15) is 5.10 Å². The second-order valence-corrected chi connectivity index (χ2v) is 6.86. The van der Waals surface area contributed by atoms with Gasteiger partial charge in [-0.25, -0.2) is 0 Å². The Balaban J connectivity index is 1.73. The summed E-state index contributed by atoms with van der Waals surface area (Å²) < 4.78 is 7.42. The third-order valence-electron chi connectivity index (χ3n) is 5.03. The van der Waals surface area contributed by atoms with Crippen molar-refractivity contribution in [3.05, 3.63) is 70.3 Å². The van der Waals surface area contributed by atoms with Gasteiger partial charge in [0.2, 0.25) is 0 Å². The second-order valence-electron chi connectivity index (χ2n) is 6.86. The highest BCUT2D eigenvalue weighted by molar-refractivity contribution is 5.64. The van der Waals surface area contributed by atoms with Crippen LogP contribution in [0.5, 0.6) is 0 Å². The molecule has 1 aromatic carbocycles. The number of nitro benzene ring substituents is 1. The summed E-state index contributed by atoms with van der Waals surface area (Å²) in [4.78, 5) is 12.8. The Labute approximate surface area is 170 Å². The van der Waals surface area contributed by atoms with Gasteiger partial charge in [0.25, 0.3) is 5.69 Å². The van der Waals surface area contributed by atoms with Crippen molar-refractivity contribution in [1.29, 1.82) is 0 Å². The minimum absolute atomic E-state index is 0.0740. The zero-order valence-electron chi connectivity index (χ0n) is 17.0. The number of furan rings is 1. The molecule has 1 atom stereocenters. The summed E-state index contributed by atoms with van der Waals surface area (Å²) >= 11 is 0. The minimum Gasteiger partial charge on any atom is -0.468 e. The highest BCUT2D eigenvalue weighted by Crippen LogP contribution is 2.25. The molecule has 0 radical (unpaired) electrons. The summed E-state index contributed by atoms with van der Waals surface area (Å²) in [5, 5.41) is 19.0. The number of aryl methyl sites for hydroxylation is 1. The average Bonchev–Trinajstić information content (AvgIpc) is 3.37. The van der Waals surface area contributed by atoms with Gasteiger partial charge in [0.05, 0.1) is 22.9 Å². The predicted molar refractivity (Wildman–Crippen MR) is 111 cm³/mol. The third kappa shape index (κ3) is 4.90. The molecule has 0 aliphatic carbocycles. The number of nitrogens with zero attached hydrogens (tertiary/aromatic N) is 4. The SMILES string of the molecule is CCN(CC)C(CNCc1cn(C)nc1-c1ccc([N+](=O)[O-])cc1)c1ccco1. The van der Waals surface area contributed by atoms with Crippen LogP contribution in [0.1, 0.15) is 31.2 Å². The van der Waals surface area contributed by atoms with Crippen LogP contribution in [0.4, 0.5) is 5.69 Å². The molecular formula is C21H27N5O3. The number of benzene rings is 1. The normalized spacial score (nSPS) is 12.4. The Kier molecular flexibility index (Phi) is 6.79. The number of hydrogen-bond acceptors (Lipinski definition) is 6. The first-order valence-corrected chi connectivity index (χ1v) is 9.79. The van der Waals surface area contributed by atoms with Crippen LogP contribution in [-0.4, -0.2) is 39.2 Å². The van der Waals surface area contributed by atoms with Crippen molar-refractivity contribution in [2.24, 2.45) is 7.05 Å². The van der Waals surface area contributed by atoms with E-state index in [1.807, 2.05) is 25.4 Å². The van der Waals surface area contributed by atoms with Gasteiger partial charge in [-0.15, -0.1) is 0 Å². The first kappa shape index (κ1) is 20.8. The van der Waals surface area contributed by atoms with Crippen LogP contribution in [0.2, 0.25) is 0 Å². The van der Waals surface area contributed by atoms with Crippen LogP contribution >= 0.6 is 0 Å². The molecule has 3 aromatic rings. The summed E-state index contributed by atoms with van der Waals surface area (Å²) in [5.41, 5.74) is 2.80. The summed E-state index contributed by atoms with van der Waals surface area (Å²) in [6.45, 7) is 7.54. The molecule has 8 heteroatoms. The van der Waals surface area contributed by atoms with Crippen molar-refractivity contribution < 1.29 is 9.34 Å². The number of nitrogens with one attached hydrogen (secondary N) is 1. The number of hydrogen-bond donors (Lipinski definition) is 1. The second kappa shape index (κ2) is 9.49. The maximum atomic E-state index is 10.9. The first-order valence-electron chi connectivity index (χ1n) is 9.79. The molecule has 0 aliphatic heterocycles. The molecule has 0 spiro atoms. The quantitative estimate of drug-likeness (QED) is 0.414. The van der Waals surface area contributed by atoms with Crippen LogP contribution in [0.3, 0.4) is 0 Å². The molecular weight excluding hydrogens is 370 g/mol. The molecule has 8 nitrogen and oxygen atoms in total. The van der Waals surface area contributed by atoms with E-state index in [-0.39, 0.29) is 11.7 Å². The van der Waals surface area contributed by atoms with Crippen LogP contribution in [0.15, 0.2) is 53.3 Å². The summed E-state index contributed by atoms with van der Waals surface area (Å²) in [6, 6.07) is 10.6. The van der Waals surface area contributed by atoms with Gasteiger partial charge < -0.3 is 9.73 Å². The lowest BCUT2D eigenvalue weighted by Crippen LogP contribution is -2.35. The molecule has 0 bridgehead atoms. The molecule has 0 saturated heterocycles. The smallest absolute Gasteiger partial charge is 0.269 e. The van der Waals surface area contributed by atoms with Gasteiger partial charge in [-0.1, -0.05) is 13.8 Å². The molecule has 29 heavy (non-hydrogen) atoms. The number of nitro groups is 1. The highest BCUT2D eigenvalue weighted by atomic mass is 16.6. The maximum absolute atomic E-state index is 10.9. The molecule has 0 saturated carbocycles. The molecule has 3 rings (SSSR count). The zero-order valence-corrected chi connectivity index (χ0v) is 17.0. The molecule has 1 unspecified atom stereocenters. The number of rotatable bonds is 10. The van der Waals surface area contributed by atoms with Crippen molar-refractivity contribution >= 4 is 5.69 Å². The Morgan fingerprint density at radius 3 is 2.55 bits per heavy atom. The van der Waals surface area contributed by atoms with Crippen LogP contribution in [0, 0.1) is 10.1 Å². The topological polar surface area (TPSA) is 89.4 Å². The van der Waals surface area contributed by atoms with Crippen molar-refractivity contribution in [3.63, 3.8) is 0 Å². The van der Waals surface area contributed by atoms with Gasteiger partial charge in [-0.3, -0.25) is 19.7 Å². The van der Waals surface area contributed by atoms with Crippen LogP contribution in [0.25, 0.3) is 11.3 Å². The van der Waals surface area contributed by atoms with E-state index in [2.05, 4.69) is 29.2 Å². The Hall–Kier alpha value is -2.97. The number of non-ortho nitro benzene ring substituents is 1. The average molecular weight is 397 g/mol. The van der Waals surface area contributed by atoms with Crippen molar-refractivity contribution in [1.82, 2.24) is 20.0 Å². The summed E-state index contributed by atoms with van der Waals surface area (Å²) in [5.74, 6) is 0.947. The van der Waals surface area contributed by atoms with E-state index in [4.69, 9.17) is 4.42 Å². The van der Waals surface area contributed by atoms with E-state index < -0.39 is 4.92 Å². The Bertz CT molecular complexity index is 914. The summed E-state index contributed by atoms with van der Waals surface area (Å²) in [6.07, 6.45) is 3.68. The minimum atomic E-state index is -0.396. The van der Waals surface area contributed by atoms with E-state index in [1.54, 1.807) is 23.1 Å². The van der Waals surface area contributed by atoms with E-state index in [0.717, 1.165) is 42.2 Å². The predicted octanol–water partition coefficient (Wildman–Crippen LogP) is 3.76. The van der Waals surface area contributed by atoms with Gasteiger partial charge >= 0.3 is 0 Å². The Morgan fingerprint density at radius 2 is 1.97 bits per heavy atom. The molecule has 2 aromatic heterocycles. The number of likely N-dealkylation sites (N-methyl/N-ethyl adjacent to an activating group) is 1. The molecule has 2 heterocycles. The standard InChI is InChI=1S/C21H27N5O3/c1-4-25(5-2)19(20-7-6-12-29-20)14-22-13-17-15-24(3)23-21(17)16-8-10-18(11-9-16)26(27)28/h6-12,15,19,22H,4-5,13-14H2,1-3H3. The maximum Gasteiger partial charge on any atom is 0.269 e. The van der Waals surface area contributed by atoms with Gasteiger partial charge in [0.15, 0.2) is 0 Å². The van der Waals surface area contributed by atoms with Gasteiger partial charge in [-0.05, 0) is 37.4 Å². The lowest BCUT2D eigenvalue weighted by Gasteiger charge is -2.28. The fourth-order valence-electron chi connectivity index (χ4n) is 3.55. The fourth-order valence-corrected chi connectivity index (χ4v) is 3.55. The third-order valence-corrected chi connectivity index (χ3v) is 5.03. The largest absolute Gasteiger partial charge is 0.468 e. The highest BCUT2D eigenvalue weighted by Gasteiger charge is 2.20. The van der Waals surface area contributed by atoms with E-state index in [0.29, 0.717) is 6.54 Å². The van der Waals surface area contributed by atoms with E-state index >= 15 is 0 Å². The van der Waals surface area contributed by atoms with Crippen LogP contribution < -0.4 is 5.32 Å². The van der Waals surface area contributed by atoms with Gasteiger partial charge in [0.1, 0.15) is 5.76 Å². The molecule has 0 amide bonds. The van der Waals surface area contributed by atoms with Gasteiger partial charge in [0, 0.05) is 49.6 Å². The Morgan fingerprint density at radius 1 is 1.24 bits per heavy atom. The molecule has 0 fully saturated rings. The zero-order chi connectivity index (χ0) is 20.8. The first-order chi connectivity index (χ1) is 14.0. The number of aromatic nitrogens is 2. The fraction of sp³-hybridized carbons (Fsp3) is 0.381. The molecule has 154 valence electrons. The van der Waals surface area contributed by atoms with Crippen molar-refractivity contribution in [2.45, 2.75) is 26.4 Å². The lowest BCUT2D eigenvalue weighted by atomic mass is 10.1. The van der Waals surface area contributed by atoms with Crippen molar-refractivity contribution in [3.8, 4) is 11.3 Å². The lowest BCUT2D eigenvalue weighted by molar-refractivity contribution is -0.384.